The fraction of sp³-hybridized carbons (Fsp3) is 0.778. The van der Waals surface area contributed by atoms with Gasteiger partial charge >= 0.3 is 5.97 Å². The van der Waals surface area contributed by atoms with Crippen molar-refractivity contribution < 1.29 is 14.7 Å². The molecule has 74 valence electrons. The average Bonchev–Trinajstić information content (AvgIpc) is 2.46. The first-order chi connectivity index (χ1) is 6.07. The van der Waals surface area contributed by atoms with E-state index in [-0.39, 0.29) is 24.3 Å². The molecule has 0 radical (unpaired) electrons. The molecule has 1 rings (SSSR count). The standard InChI is InChI=1S/C9H15NO3/c1-3-5(2)7-6(9(12)13)4-10-8(7)11/h5-7H,3-4H2,1-2H3,(H,10,11)(H,12,13). The quantitative estimate of drug-likeness (QED) is 0.672. The van der Waals surface area contributed by atoms with Crippen molar-refractivity contribution in [2.45, 2.75) is 20.3 Å². The van der Waals surface area contributed by atoms with Gasteiger partial charge in [0.25, 0.3) is 0 Å². The molecule has 3 unspecified atom stereocenters. The van der Waals surface area contributed by atoms with E-state index in [1.807, 2.05) is 13.8 Å². The first kappa shape index (κ1) is 10.0. The molecule has 0 aromatic rings. The number of carbonyl (C=O) groups is 2. The molecule has 0 bridgehead atoms. The van der Waals surface area contributed by atoms with Gasteiger partial charge in [0, 0.05) is 6.54 Å². The van der Waals surface area contributed by atoms with Crippen LogP contribution in [-0.4, -0.2) is 23.5 Å². The molecule has 3 atom stereocenters. The minimum atomic E-state index is -0.872. The van der Waals surface area contributed by atoms with Gasteiger partial charge in [-0.15, -0.1) is 0 Å². The van der Waals surface area contributed by atoms with E-state index in [1.54, 1.807) is 0 Å². The summed E-state index contributed by atoms with van der Waals surface area (Å²) < 4.78 is 0. The summed E-state index contributed by atoms with van der Waals surface area (Å²) in [5.74, 6) is -1.72. The molecule has 0 spiro atoms. The van der Waals surface area contributed by atoms with Crippen molar-refractivity contribution in [3.63, 3.8) is 0 Å². The van der Waals surface area contributed by atoms with Crippen LogP contribution in [-0.2, 0) is 9.59 Å². The molecule has 0 aromatic heterocycles. The Hall–Kier alpha value is -1.06. The lowest BCUT2D eigenvalue weighted by Crippen LogP contribution is -2.29. The Bertz CT molecular complexity index is 227. The topological polar surface area (TPSA) is 66.4 Å². The predicted octanol–water partition coefficient (Wildman–Crippen LogP) is 0.479. The van der Waals surface area contributed by atoms with E-state index in [9.17, 15) is 9.59 Å². The van der Waals surface area contributed by atoms with Crippen molar-refractivity contribution in [1.29, 1.82) is 0 Å². The van der Waals surface area contributed by atoms with E-state index in [1.165, 1.54) is 0 Å². The third-order valence-corrected chi connectivity index (χ3v) is 2.81. The first-order valence-electron chi connectivity index (χ1n) is 4.58. The van der Waals surface area contributed by atoms with Gasteiger partial charge in [-0.3, -0.25) is 9.59 Å². The van der Waals surface area contributed by atoms with Crippen molar-refractivity contribution in [3.8, 4) is 0 Å². The van der Waals surface area contributed by atoms with Gasteiger partial charge in [-0.25, -0.2) is 0 Å². The Labute approximate surface area is 77.3 Å². The Morgan fingerprint density at radius 1 is 1.77 bits per heavy atom. The minimum Gasteiger partial charge on any atom is -0.481 e. The first-order valence-corrected chi connectivity index (χ1v) is 4.58. The van der Waals surface area contributed by atoms with Crippen molar-refractivity contribution in [2.75, 3.05) is 6.54 Å². The van der Waals surface area contributed by atoms with Crippen molar-refractivity contribution in [1.82, 2.24) is 5.32 Å². The van der Waals surface area contributed by atoms with Crippen LogP contribution in [0.3, 0.4) is 0 Å². The number of carboxylic acids is 1. The number of hydrogen-bond acceptors (Lipinski definition) is 2. The number of hydrogen-bond donors (Lipinski definition) is 2. The average molecular weight is 185 g/mol. The summed E-state index contributed by atoms with van der Waals surface area (Å²) >= 11 is 0. The van der Waals surface area contributed by atoms with Gasteiger partial charge < -0.3 is 10.4 Å². The molecule has 1 saturated heterocycles. The molecule has 1 aliphatic rings. The zero-order valence-corrected chi connectivity index (χ0v) is 7.91. The summed E-state index contributed by atoms with van der Waals surface area (Å²) in [6, 6.07) is 0. The Morgan fingerprint density at radius 3 is 2.85 bits per heavy atom. The van der Waals surface area contributed by atoms with E-state index in [0.29, 0.717) is 0 Å². The number of amides is 1. The monoisotopic (exact) mass is 185 g/mol. The highest BCUT2D eigenvalue weighted by atomic mass is 16.4. The fourth-order valence-corrected chi connectivity index (χ4v) is 1.79. The maximum atomic E-state index is 11.3. The number of rotatable bonds is 3. The van der Waals surface area contributed by atoms with Gasteiger partial charge in [0.1, 0.15) is 0 Å². The normalized spacial score (nSPS) is 29.8. The zero-order valence-electron chi connectivity index (χ0n) is 7.91. The van der Waals surface area contributed by atoms with Gasteiger partial charge in [0.05, 0.1) is 11.8 Å². The highest BCUT2D eigenvalue weighted by molar-refractivity contribution is 5.88. The van der Waals surface area contributed by atoms with Crippen LogP contribution < -0.4 is 5.32 Å². The summed E-state index contributed by atoms with van der Waals surface area (Å²) in [4.78, 5) is 22.1. The second-order valence-corrected chi connectivity index (χ2v) is 3.60. The van der Waals surface area contributed by atoms with Crippen LogP contribution in [0.2, 0.25) is 0 Å². The highest BCUT2D eigenvalue weighted by Crippen LogP contribution is 2.27. The second kappa shape index (κ2) is 3.77. The molecule has 1 fully saturated rings. The van der Waals surface area contributed by atoms with E-state index in [2.05, 4.69) is 5.32 Å². The molecule has 2 N–H and O–H groups in total. The maximum Gasteiger partial charge on any atom is 0.309 e. The summed E-state index contributed by atoms with van der Waals surface area (Å²) in [7, 11) is 0. The van der Waals surface area contributed by atoms with Crippen LogP contribution in [0.25, 0.3) is 0 Å². The third-order valence-electron chi connectivity index (χ3n) is 2.81. The van der Waals surface area contributed by atoms with Crippen molar-refractivity contribution in [3.05, 3.63) is 0 Å². The minimum absolute atomic E-state index is 0.109. The predicted molar refractivity (Wildman–Crippen MR) is 47.1 cm³/mol. The highest BCUT2D eigenvalue weighted by Gasteiger charge is 2.41. The van der Waals surface area contributed by atoms with Crippen LogP contribution >= 0.6 is 0 Å². The molecular weight excluding hydrogens is 170 g/mol. The van der Waals surface area contributed by atoms with Crippen molar-refractivity contribution >= 4 is 11.9 Å². The van der Waals surface area contributed by atoms with E-state index < -0.39 is 11.9 Å². The van der Waals surface area contributed by atoms with Gasteiger partial charge in [-0.05, 0) is 5.92 Å². The molecule has 0 aromatic carbocycles. The van der Waals surface area contributed by atoms with Gasteiger partial charge in [0.15, 0.2) is 0 Å². The number of aliphatic carboxylic acids is 1. The van der Waals surface area contributed by atoms with E-state index in [0.717, 1.165) is 6.42 Å². The number of carbonyl (C=O) groups excluding carboxylic acids is 1. The van der Waals surface area contributed by atoms with Gasteiger partial charge in [0.2, 0.25) is 5.91 Å². The molecule has 1 heterocycles. The Morgan fingerprint density at radius 2 is 2.38 bits per heavy atom. The maximum absolute atomic E-state index is 11.3. The molecule has 4 heteroatoms. The van der Waals surface area contributed by atoms with Crippen molar-refractivity contribution in [2.24, 2.45) is 17.8 Å². The van der Waals surface area contributed by atoms with Crippen LogP contribution in [0, 0.1) is 17.8 Å². The molecule has 13 heavy (non-hydrogen) atoms. The Balaban J connectivity index is 2.76. The summed E-state index contributed by atoms with van der Waals surface area (Å²) in [6.07, 6.45) is 0.835. The smallest absolute Gasteiger partial charge is 0.309 e. The lowest BCUT2D eigenvalue weighted by atomic mass is 9.83. The fourth-order valence-electron chi connectivity index (χ4n) is 1.79. The lowest BCUT2D eigenvalue weighted by molar-refractivity contribution is -0.144. The molecule has 0 saturated carbocycles. The van der Waals surface area contributed by atoms with Crippen LogP contribution in [0.4, 0.5) is 0 Å². The summed E-state index contributed by atoms with van der Waals surface area (Å²) in [5, 5.41) is 11.5. The van der Waals surface area contributed by atoms with E-state index >= 15 is 0 Å². The molecule has 0 aliphatic carbocycles. The summed E-state index contributed by atoms with van der Waals surface area (Å²) in [6.45, 7) is 4.17. The van der Waals surface area contributed by atoms with Crippen LogP contribution in [0.5, 0.6) is 0 Å². The molecular formula is C9H15NO3. The number of nitrogens with one attached hydrogen (secondary N) is 1. The molecule has 4 nitrogen and oxygen atoms in total. The lowest BCUT2D eigenvalue weighted by Gasteiger charge is -2.18. The number of carboxylic acid groups (broad SMARTS) is 1. The Kier molecular flexibility index (Phi) is 2.90. The SMILES string of the molecule is CCC(C)C1C(=O)NCC1C(=O)O. The largest absolute Gasteiger partial charge is 0.481 e. The zero-order chi connectivity index (χ0) is 10.0. The van der Waals surface area contributed by atoms with E-state index in [4.69, 9.17) is 5.11 Å². The summed E-state index contributed by atoms with van der Waals surface area (Å²) in [5.41, 5.74) is 0. The third kappa shape index (κ3) is 1.82. The van der Waals surface area contributed by atoms with Crippen LogP contribution in [0.1, 0.15) is 20.3 Å². The van der Waals surface area contributed by atoms with Crippen LogP contribution in [0.15, 0.2) is 0 Å². The molecule has 1 aliphatic heterocycles. The second-order valence-electron chi connectivity index (χ2n) is 3.60. The van der Waals surface area contributed by atoms with Gasteiger partial charge in [-0.2, -0.15) is 0 Å². The molecule has 1 amide bonds. The van der Waals surface area contributed by atoms with Gasteiger partial charge in [-0.1, -0.05) is 20.3 Å².